The minimum absolute atomic E-state index is 0.189. The zero-order valence-corrected chi connectivity index (χ0v) is 15.2. The third-order valence-corrected chi connectivity index (χ3v) is 4.63. The summed E-state index contributed by atoms with van der Waals surface area (Å²) in [5.74, 6) is -5.38. The summed E-state index contributed by atoms with van der Waals surface area (Å²) in [5.41, 5.74) is 2.74. The highest BCUT2D eigenvalue weighted by atomic mass is 19.3. The molecule has 2 aromatic rings. The average Bonchev–Trinajstić information content (AvgIpc) is 3.09. The van der Waals surface area contributed by atoms with Crippen LogP contribution in [0.5, 0.6) is 0 Å². The molecule has 156 valence electrons. The highest BCUT2D eigenvalue weighted by Gasteiger charge is 2.54. The smallest absolute Gasteiger partial charge is 0.333 e. The number of ketones is 1. The fourth-order valence-electron chi connectivity index (χ4n) is 3.01. The van der Waals surface area contributed by atoms with Gasteiger partial charge >= 0.3 is 6.55 Å². The van der Waals surface area contributed by atoms with E-state index in [1.165, 1.54) is 6.07 Å². The maximum Gasteiger partial charge on any atom is 0.333 e. The van der Waals surface area contributed by atoms with Crippen LogP contribution in [0.2, 0.25) is 0 Å². The molecule has 1 aliphatic rings. The number of ether oxygens (including phenoxy) is 1. The molecule has 2 heterocycles. The molecule has 6 nitrogen and oxygen atoms in total. The summed E-state index contributed by atoms with van der Waals surface area (Å²) in [4.78, 5) is 16.1. The number of carbonyl (C=O) groups excluding carboxylic acids is 1. The first-order valence-electron chi connectivity index (χ1n) is 8.49. The first-order valence-corrected chi connectivity index (χ1v) is 8.49. The lowest BCUT2D eigenvalue weighted by atomic mass is 9.84. The number of amidine groups is 1. The number of alkyl halides is 4. The van der Waals surface area contributed by atoms with Crippen LogP contribution < -0.4 is 5.73 Å². The molecule has 3 rings (SSSR count). The van der Waals surface area contributed by atoms with Crippen molar-refractivity contribution in [1.82, 2.24) is 9.78 Å². The monoisotopic (exact) mass is 416 g/mol. The fourth-order valence-corrected chi connectivity index (χ4v) is 3.01. The second-order valence-electron chi connectivity index (χ2n) is 6.75. The molecule has 0 saturated heterocycles. The number of hydrogen-bond donors (Lipinski definition) is 1. The zero-order chi connectivity index (χ0) is 21.4. The molecule has 2 N–H and O–H groups in total. The van der Waals surface area contributed by atoms with Gasteiger partial charge in [0, 0.05) is 18.2 Å². The van der Waals surface area contributed by atoms with E-state index in [2.05, 4.69) is 10.1 Å². The van der Waals surface area contributed by atoms with Gasteiger partial charge in [0.05, 0.1) is 0 Å². The Hall–Kier alpha value is -2.82. The molecular formula is C18H17F5N4O2. The molecule has 0 saturated carbocycles. The largest absolute Gasteiger partial charge is 0.385 e. The molecule has 1 aromatic heterocycles. The van der Waals surface area contributed by atoms with E-state index >= 15 is 0 Å². The van der Waals surface area contributed by atoms with Crippen LogP contribution in [0, 0.1) is 5.82 Å². The number of nitrogens with zero attached hydrogens (tertiary/aromatic N) is 3. The van der Waals surface area contributed by atoms with Gasteiger partial charge in [-0.2, -0.15) is 13.9 Å². The average molecular weight is 416 g/mol. The van der Waals surface area contributed by atoms with Gasteiger partial charge in [-0.1, -0.05) is 6.07 Å². The Morgan fingerprint density at radius 2 is 2.07 bits per heavy atom. The van der Waals surface area contributed by atoms with E-state index in [4.69, 9.17) is 10.5 Å². The van der Waals surface area contributed by atoms with Crippen molar-refractivity contribution in [2.24, 2.45) is 10.7 Å². The number of nitrogens with two attached hydrogens (primary N) is 1. The predicted octanol–water partition coefficient (Wildman–Crippen LogP) is 3.08. The van der Waals surface area contributed by atoms with E-state index in [9.17, 15) is 26.7 Å². The van der Waals surface area contributed by atoms with E-state index in [-0.39, 0.29) is 30.1 Å². The molecule has 1 aliphatic heterocycles. The third kappa shape index (κ3) is 4.00. The van der Waals surface area contributed by atoms with Gasteiger partial charge in [0.2, 0.25) is 0 Å². The molecule has 0 fully saturated rings. The molecule has 1 aromatic carbocycles. The second kappa shape index (κ2) is 7.54. The normalized spacial score (nSPS) is 21.7. The Bertz CT molecular complexity index is 959. The van der Waals surface area contributed by atoms with Crippen molar-refractivity contribution < 1.29 is 31.5 Å². The molecule has 29 heavy (non-hydrogen) atoms. The number of halogens is 5. The highest BCUT2D eigenvalue weighted by molar-refractivity contribution is 5.95. The van der Waals surface area contributed by atoms with Crippen LogP contribution >= 0.6 is 0 Å². The van der Waals surface area contributed by atoms with Gasteiger partial charge in [-0.25, -0.2) is 17.9 Å². The summed E-state index contributed by atoms with van der Waals surface area (Å²) < 4.78 is 74.2. The van der Waals surface area contributed by atoms with Crippen LogP contribution in [-0.4, -0.2) is 40.5 Å². The first-order chi connectivity index (χ1) is 13.5. The summed E-state index contributed by atoms with van der Waals surface area (Å²) in [5, 5.41) is 3.46. The lowest BCUT2D eigenvalue weighted by molar-refractivity contribution is -0.116. The second-order valence-corrected chi connectivity index (χ2v) is 6.75. The van der Waals surface area contributed by atoms with E-state index in [0.717, 1.165) is 31.3 Å². The van der Waals surface area contributed by atoms with Gasteiger partial charge in [-0.15, -0.1) is 0 Å². The van der Waals surface area contributed by atoms with Crippen LogP contribution in [0.15, 0.2) is 35.5 Å². The molecule has 0 bridgehead atoms. The van der Waals surface area contributed by atoms with Crippen molar-refractivity contribution in [3.05, 3.63) is 53.1 Å². The topological polar surface area (TPSA) is 82.5 Å². The Morgan fingerprint density at radius 1 is 1.34 bits per heavy atom. The fraction of sp³-hybridized carbons (Fsp3) is 0.389. The van der Waals surface area contributed by atoms with Crippen molar-refractivity contribution >= 4 is 11.6 Å². The van der Waals surface area contributed by atoms with Crippen molar-refractivity contribution in [3.63, 3.8) is 0 Å². The van der Waals surface area contributed by atoms with Crippen molar-refractivity contribution in [2.45, 2.75) is 31.4 Å². The molecule has 0 amide bonds. The summed E-state index contributed by atoms with van der Waals surface area (Å²) in [6.07, 6.45) is 0.587. The van der Waals surface area contributed by atoms with Gasteiger partial charge in [0.15, 0.2) is 11.3 Å². The number of benzene rings is 1. The summed E-state index contributed by atoms with van der Waals surface area (Å²) >= 11 is 0. The summed E-state index contributed by atoms with van der Waals surface area (Å²) in [6.45, 7) is -3.21. The van der Waals surface area contributed by atoms with E-state index < -0.39 is 41.8 Å². The van der Waals surface area contributed by atoms with Crippen LogP contribution in [0.1, 0.15) is 35.1 Å². The minimum atomic E-state index is -3.58. The van der Waals surface area contributed by atoms with E-state index in [0.29, 0.717) is 4.68 Å². The molecular weight excluding hydrogens is 399 g/mol. The maximum atomic E-state index is 14.7. The molecule has 0 spiro atoms. The quantitative estimate of drug-likeness (QED) is 0.600. The zero-order valence-electron chi connectivity index (χ0n) is 15.2. The molecule has 1 atom stereocenters. The first kappa shape index (κ1) is 20.9. The van der Waals surface area contributed by atoms with Crippen LogP contribution in [0.3, 0.4) is 0 Å². The van der Waals surface area contributed by atoms with Gasteiger partial charge in [-0.05, 0) is 30.7 Å². The molecule has 0 radical (unpaired) electrons. The highest BCUT2D eigenvalue weighted by Crippen LogP contribution is 2.43. The van der Waals surface area contributed by atoms with E-state index in [1.54, 1.807) is 0 Å². The van der Waals surface area contributed by atoms with Crippen LogP contribution in [0.25, 0.3) is 0 Å². The number of hydrogen-bond acceptors (Lipinski definition) is 5. The van der Waals surface area contributed by atoms with Crippen molar-refractivity contribution in [1.29, 1.82) is 0 Å². The number of aromatic nitrogens is 2. The third-order valence-electron chi connectivity index (χ3n) is 4.63. The Labute approximate surface area is 162 Å². The van der Waals surface area contributed by atoms with E-state index in [1.807, 2.05) is 0 Å². The Morgan fingerprint density at radius 3 is 2.72 bits per heavy atom. The maximum absolute atomic E-state index is 14.7. The SMILES string of the molecule is C[C@]1(c2cc(CC(=O)c3ccn(C(F)F)n3)ccc2F)N=C(N)COCC1(F)F. The minimum Gasteiger partial charge on any atom is -0.385 e. The number of aliphatic imine (C=N–C) groups is 1. The predicted molar refractivity (Wildman–Crippen MR) is 92.7 cm³/mol. The molecule has 0 unspecified atom stereocenters. The van der Waals surface area contributed by atoms with Gasteiger partial charge < -0.3 is 10.5 Å². The van der Waals surface area contributed by atoms with Crippen molar-refractivity contribution in [2.75, 3.05) is 13.2 Å². The Balaban J connectivity index is 1.95. The van der Waals surface area contributed by atoms with Gasteiger partial charge in [0.1, 0.15) is 30.6 Å². The molecule has 0 aliphatic carbocycles. The molecule has 11 heteroatoms. The number of carbonyl (C=O) groups is 1. The lowest BCUT2D eigenvalue weighted by Gasteiger charge is -2.33. The number of Topliss-reactive ketones (excluding diaryl/α,β-unsaturated/α-hetero) is 1. The summed E-state index contributed by atoms with van der Waals surface area (Å²) in [6, 6.07) is 4.38. The summed E-state index contributed by atoms with van der Waals surface area (Å²) in [7, 11) is 0. The van der Waals surface area contributed by atoms with Gasteiger partial charge in [-0.3, -0.25) is 9.79 Å². The van der Waals surface area contributed by atoms with Crippen LogP contribution in [-0.2, 0) is 16.7 Å². The van der Waals surface area contributed by atoms with Crippen LogP contribution in [0.4, 0.5) is 22.0 Å². The van der Waals surface area contributed by atoms with Gasteiger partial charge in [0.25, 0.3) is 5.92 Å². The van der Waals surface area contributed by atoms with Crippen molar-refractivity contribution in [3.8, 4) is 0 Å². The Kier molecular flexibility index (Phi) is 5.44. The standard InChI is InChI=1S/C18H17F5N4O2/c1-17(18(22,23)9-29-8-15(24)25-17)11-6-10(2-3-12(11)19)7-14(28)13-4-5-27(26-13)16(20)21/h2-6,16H,7-9H2,1H3,(H2,24,25)/t17-/m1/s1. The number of rotatable bonds is 5. The lowest BCUT2D eigenvalue weighted by Crippen LogP contribution is -2.45.